The quantitative estimate of drug-likeness (QED) is 0.870. The first-order chi connectivity index (χ1) is 11.6. The molecular weight excluding hydrogens is 320 g/mol. The predicted octanol–water partition coefficient (Wildman–Crippen LogP) is 3.22. The van der Waals surface area contributed by atoms with Crippen molar-refractivity contribution < 1.29 is 9.59 Å². The molecule has 0 aliphatic carbocycles. The van der Waals surface area contributed by atoms with Crippen molar-refractivity contribution in [2.24, 2.45) is 0 Å². The summed E-state index contributed by atoms with van der Waals surface area (Å²) in [5.41, 5.74) is 1.89. The summed E-state index contributed by atoms with van der Waals surface area (Å²) in [6, 6.07) is 17.4. The topological polar surface area (TPSA) is 49.4 Å². The van der Waals surface area contributed by atoms with E-state index >= 15 is 0 Å². The van der Waals surface area contributed by atoms with E-state index in [-0.39, 0.29) is 11.8 Å². The van der Waals surface area contributed by atoms with Crippen LogP contribution in [0, 0.1) is 0 Å². The van der Waals surface area contributed by atoms with Gasteiger partial charge in [0.2, 0.25) is 5.91 Å². The lowest BCUT2D eigenvalue weighted by molar-refractivity contribution is -0.131. The fourth-order valence-electron chi connectivity index (χ4n) is 2.80. The summed E-state index contributed by atoms with van der Waals surface area (Å²) in [6.45, 7) is 4.58. The van der Waals surface area contributed by atoms with Crippen LogP contribution < -0.4 is 10.2 Å². The van der Waals surface area contributed by atoms with Crippen molar-refractivity contribution >= 4 is 29.3 Å². The molecule has 3 rings (SSSR count). The van der Waals surface area contributed by atoms with Crippen LogP contribution in [0.5, 0.6) is 0 Å². The summed E-state index contributed by atoms with van der Waals surface area (Å²) in [7, 11) is 0. The molecule has 0 saturated carbocycles. The number of carbonyl (C=O) groups is 2. The molecule has 0 fully saturated rings. The first-order valence-corrected chi connectivity index (χ1v) is 8.80. The lowest BCUT2D eigenvalue weighted by Gasteiger charge is -2.38. The number of fused-ring (bicyclic) bond motifs is 1. The van der Waals surface area contributed by atoms with Crippen molar-refractivity contribution in [2.75, 3.05) is 11.4 Å². The van der Waals surface area contributed by atoms with Crippen LogP contribution in [0.15, 0.2) is 59.5 Å². The highest BCUT2D eigenvalue weighted by Crippen LogP contribution is 2.45. The summed E-state index contributed by atoms with van der Waals surface area (Å²) in [5, 5.41) is 2.91. The zero-order valence-electron chi connectivity index (χ0n) is 13.8. The van der Waals surface area contributed by atoms with Gasteiger partial charge in [-0.3, -0.25) is 9.59 Å². The molecule has 24 heavy (non-hydrogen) atoms. The third-order valence-electron chi connectivity index (χ3n) is 4.17. The van der Waals surface area contributed by atoms with Crippen LogP contribution in [0.3, 0.4) is 0 Å². The lowest BCUT2D eigenvalue weighted by Crippen LogP contribution is -2.56. The fourth-order valence-corrected chi connectivity index (χ4v) is 4.03. The van der Waals surface area contributed by atoms with E-state index in [9.17, 15) is 9.59 Å². The fraction of sp³-hybridized carbons (Fsp3) is 0.263. The predicted molar refractivity (Wildman–Crippen MR) is 97.0 cm³/mol. The molecule has 5 heteroatoms. The van der Waals surface area contributed by atoms with E-state index < -0.39 is 4.75 Å². The van der Waals surface area contributed by atoms with E-state index in [1.165, 1.54) is 11.8 Å². The number of thioether (sulfide) groups is 1. The standard InChI is InChI=1S/C19H20N2O2S/c1-3-21-15-11-7-8-12-16(15)24-19(2,18(21)23)17(22)20-13-14-9-5-4-6-10-14/h4-12H,3,13H2,1-2H3,(H,20,22). The molecular formula is C19H20N2O2S. The molecule has 0 spiro atoms. The van der Waals surface area contributed by atoms with Gasteiger partial charge in [-0.15, -0.1) is 0 Å². The van der Waals surface area contributed by atoms with Gasteiger partial charge in [-0.25, -0.2) is 0 Å². The number of rotatable bonds is 4. The van der Waals surface area contributed by atoms with Crippen LogP contribution in [0.25, 0.3) is 0 Å². The summed E-state index contributed by atoms with van der Waals surface area (Å²) >= 11 is 1.33. The number of amides is 2. The third kappa shape index (κ3) is 2.91. The average Bonchev–Trinajstić information content (AvgIpc) is 2.61. The van der Waals surface area contributed by atoms with E-state index in [0.29, 0.717) is 13.1 Å². The zero-order chi connectivity index (χ0) is 17.2. The van der Waals surface area contributed by atoms with Crippen LogP contribution in [0.1, 0.15) is 19.4 Å². The van der Waals surface area contributed by atoms with Crippen molar-refractivity contribution in [3.63, 3.8) is 0 Å². The Hall–Kier alpha value is -2.27. The van der Waals surface area contributed by atoms with Crippen molar-refractivity contribution in [1.82, 2.24) is 5.32 Å². The largest absolute Gasteiger partial charge is 0.350 e. The van der Waals surface area contributed by atoms with Crippen LogP contribution in [-0.4, -0.2) is 23.1 Å². The summed E-state index contributed by atoms with van der Waals surface area (Å²) < 4.78 is -1.15. The van der Waals surface area contributed by atoms with Gasteiger partial charge in [-0.1, -0.05) is 54.2 Å². The van der Waals surface area contributed by atoms with E-state index in [4.69, 9.17) is 0 Å². The van der Waals surface area contributed by atoms with Gasteiger partial charge in [-0.2, -0.15) is 0 Å². The molecule has 1 aliphatic rings. The van der Waals surface area contributed by atoms with Crippen LogP contribution in [-0.2, 0) is 16.1 Å². The Morgan fingerprint density at radius 2 is 1.79 bits per heavy atom. The summed E-state index contributed by atoms with van der Waals surface area (Å²) in [6.07, 6.45) is 0. The van der Waals surface area contributed by atoms with Crippen molar-refractivity contribution in [3.8, 4) is 0 Å². The van der Waals surface area contributed by atoms with Crippen LogP contribution in [0.2, 0.25) is 0 Å². The van der Waals surface area contributed by atoms with Gasteiger partial charge in [0.15, 0.2) is 4.75 Å². The van der Waals surface area contributed by atoms with Crippen molar-refractivity contribution in [2.45, 2.75) is 30.0 Å². The normalized spacial score (nSPS) is 19.8. The first kappa shape index (κ1) is 16.6. The number of carbonyl (C=O) groups excluding carboxylic acids is 2. The molecule has 1 atom stereocenters. The molecule has 0 radical (unpaired) electrons. The second-order valence-electron chi connectivity index (χ2n) is 5.82. The van der Waals surface area contributed by atoms with E-state index in [2.05, 4.69) is 5.32 Å². The molecule has 1 heterocycles. The first-order valence-electron chi connectivity index (χ1n) is 7.98. The molecule has 0 saturated heterocycles. The number of anilines is 1. The Morgan fingerprint density at radius 1 is 1.12 bits per heavy atom. The van der Waals surface area contributed by atoms with Crippen molar-refractivity contribution in [3.05, 3.63) is 60.2 Å². The molecule has 1 aliphatic heterocycles. The number of para-hydroxylation sites is 1. The zero-order valence-corrected chi connectivity index (χ0v) is 14.6. The maximum atomic E-state index is 12.9. The SMILES string of the molecule is CCN1C(=O)C(C)(C(=O)NCc2ccccc2)Sc2ccccc21. The van der Waals surface area contributed by atoms with E-state index in [1.807, 2.05) is 61.5 Å². The van der Waals surface area contributed by atoms with Crippen LogP contribution >= 0.6 is 11.8 Å². The second kappa shape index (κ2) is 6.69. The molecule has 2 aromatic rings. The highest BCUT2D eigenvalue weighted by atomic mass is 32.2. The van der Waals surface area contributed by atoms with Gasteiger partial charge in [0.05, 0.1) is 5.69 Å². The van der Waals surface area contributed by atoms with Gasteiger partial charge in [0.1, 0.15) is 0 Å². The van der Waals surface area contributed by atoms with Crippen LogP contribution in [0.4, 0.5) is 5.69 Å². The molecule has 2 aromatic carbocycles. The maximum Gasteiger partial charge on any atom is 0.252 e. The van der Waals surface area contributed by atoms with Gasteiger partial charge >= 0.3 is 0 Å². The molecule has 1 N–H and O–H groups in total. The number of benzene rings is 2. The Labute approximate surface area is 146 Å². The van der Waals surface area contributed by atoms with Gasteiger partial charge < -0.3 is 10.2 Å². The highest BCUT2D eigenvalue weighted by Gasteiger charge is 2.48. The Kier molecular flexibility index (Phi) is 4.62. The minimum Gasteiger partial charge on any atom is -0.350 e. The Morgan fingerprint density at radius 3 is 2.50 bits per heavy atom. The average molecular weight is 340 g/mol. The minimum absolute atomic E-state index is 0.167. The minimum atomic E-state index is -1.15. The number of hydrogen-bond acceptors (Lipinski definition) is 3. The van der Waals surface area contributed by atoms with E-state index in [0.717, 1.165) is 16.1 Å². The Bertz CT molecular complexity index is 763. The molecule has 2 amide bonds. The molecule has 4 nitrogen and oxygen atoms in total. The molecule has 124 valence electrons. The smallest absolute Gasteiger partial charge is 0.252 e. The molecule has 1 unspecified atom stereocenters. The van der Waals surface area contributed by atoms with Gasteiger partial charge in [0.25, 0.3) is 5.91 Å². The summed E-state index contributed by atoms with van der Waals surface area (Å²) in [5.74, 6) is -0.423. The number of hydrogen-bond donors (Lipinski definition) is 1. The van der Waals surface area contributed by atoms with Crippen molar-refractivity contribution in [1.29, 1.82) is 0 Å². The van der Waals surface area contributed by atoms with E-state index in [1.54, 1.807) is 11.8 Å². The number of nitrogens with zero attached hydrogens (tertiary/aromatic N) is 1. The summed E-state index contributed by atoms with van der Waals surface area (Å²) in [4.78, 5) is 28.4. The molecule has 0 bridgehead atoms. The third-order valence-corrected chi connectivity index (χ3v) is 5.50. The Balaban J connectivity index is 1.83. The maximum absolute atomic E-state index is 12.9. The second-order valence-corrected chi connectivity index (χ2v) is 7.28. The molecule has 0 aromatic heterocycles. The monoisotopic (exact) mass is 340 g/mol. The number of nitrogens with one attached hydrogen (secondary N) is 1. The van der Waals surface area contributed by atoms with Gasteiger partial charge in [-0.05, 0) is 31.5 Å². The lowest BCUT2D eigenvalue weighted by atomic mass is 10.1. The van der Waals surface area contributed by atoms with Gasteiger partial charge in [0, 0.05) is 18.0 Å². The highest BCUT2D eigenvalue weighted by molar-refractivity contribution is 8.02.